The molecule has 0 fully saturated rings. The van der Waals surface area contributed by atoms with Crippen molar-refractivity contribution in [2.24, 2.45) is 11.8 Å². The normalized spacial score (nSPS) is 16.2. The first-order valence-electron chi connectivity index (χ1n) is 5.81. The highest BCUT2D eigenvalue weighted by Crippen LogP contribution is 2.08. The molecule has 1 unspecified atom stereocenters. The molecule has 1 heteroatoms. The molecule has 0 radical (unpaired) electrons. The molecule has 0 spiro atoms. The summed E-state index contributed by atoms with van der Waals surface area (Å²) in [6.07, 6.45) is 3.98. The molecular weight excluding hydrogens is 158 g/mol. The predicted molar refractivity (Wildman–Crippen MR) is 61.0 cm³/mol. The van der Waals surface area contributed by atoms with Crippen LogP contribution in [0.2, 0.25) is 0 Å². The van der Waals surface area contributed by atoms with Crippen LogP contribution in [0.1, 0.15) is 53.9 Å². The minimum absolute atomic E-state index is 0.696. The van der Waals surface area contributed by atoms with Gasteiger partial charge in [0.25, 0.3) is 0 Å². The Morgan fingerprint density at radius 3 is 2.15 bits per heavy atom. The van der Waals surface area contributed by atoms with E-state index in [9.17, 15) is 0 Å². The first kappa shape index (κ1) is 13.0. The van der Waals surface area contributed by atoms with Gasteiger partial charge < -0.3 is 5.32 Å². The van der Waals surface area contributed by atoms with Crippen molar-refractivity contribution in [3.63, 3.8) is 0 Å². The van der Waals surface area contributed by atoms with Gasteiger partial charge in [0, 0.05) is 6.04 Å². The van der Waals surface area contributed by atoms with Gasteiger partial charge >= 0.3 is 0 Å². The van der Waals surface area contributed by atoms with Gasteiger partial charge in [-0.2, -0.15) is 0 Å². The van der Waals surface area contributed by atoms with Crippen LogP contribution in [0.15, 0.2) is 0 Å². The highest BCUT2D eigenvalue weighted by molar-refractivity contribution is 4.65. The van der Waals surface area contributed by atoms with Crippen LogP contribution in [0.5, 0.6) is 0 Å². The largest absolute Gasteiger partial charge is 0.314 e. The molecular formula is C12H27N. The minimum Gasteiger partial charge on any atom is -0.314 e. The molecule has 1 N–H and O–H groups in total. The van der Waals surface area contributed by atoms with Crippen LogP contribution in [0.3, 0.4) is 0 Å². The molecule has 0 rings (SSSR count). The van der Waals surface area contributed by atoms with Gasteiger partial charge in [-0.05, 0) is 31.7 Å². The van der Waals surface area contributed by atoms with Gasteiger partial charge in [0.2, 0.25) is 0 Å². The Bertz CT molecular complexity index is 110. The lowest BCUT2D eigenvalue weighted by Crippen LogP contribution is -2.31. The van der Waals surface area contributed by atoms with E-state index in [1.807, 2.05) is 0 Å². The maximum Gasteiger partial charge on any atom is 0.00388 e. The lowest BCUT2D eigenvalue weighted by Gasteiger charge is -2.20. The number of rotatable bonds is 7. The molecule has 0 aromatic carbocycles. The summed E-state index contributed by atoms with van der Waals surface area (Å²) >= 11 is 0. The average Bonchev–Trinajstić information content (AvgIpc) is 2.10. The Labute approximate surface area is 84.3 Å². The Balaban J connectivity index is 3.40. The fourth-order valence-electron chi connectivity index (χ4n) is 1.24. The number of nitrogens with one attached hydrogen (secondary N) is 1. The van der Waals surface area contributed by atoms with Gasteiger partial charge in [0.05, 0.1) is 0 Å². The van der Waals surface area contributed by atoms with E-state index in [0.717, 1.165) is 11.8 Å². The van der Waals surface area contributed by atoms with Crippen LogP contribution in [0.25, 0.3) is 0 Å². The monoisotopic (exact) mass is 185 g/mol. The van der Waals surface area contributed by atoms with Crippen LogP contribution in [0, 0.1) is 11.8 Å². The molecule has 0 heterocycles. The van der Waals surface area contributed by atoms with Crippen molar-refractivity contribution in [1.29, 1.82) is 0 Å². The second-order valence-corrected chi connectivity index (χ2v) is 4.67. The zero-order valence-corrected chi connectivity index (χ0v) is 10.1. The van der Waals surface area contributed by atoms with E-state index in [4.69, 9.17) is 0 Å². The third-order valence-electron chi connectivity index (χ3n) is 2.92. The van der Waals surface area contributed by atoms with Gasteiger partial charge in [0.1, 0.15) is 0 Å². The molecule has 0 aliphatic rings. The van der Waals surface area contributed by atoms with E-state index in [0.29, 0.717) is 6.04 Å². The van der Waals surface area contributed by atoms with Crippen molar-refractivity contribution < 1.29 is 0 Å². The molecule has 0 saturated heterocycles. The third kappa shape index (κ3) is 7.06. The standard InChI is InChI=1S/C12H27N/c1-6-7-8-12(5)13-9-11(4)10(2)3/h10-13H,6-9H2,1-5H3/t11?,12-/m0/s1. The minimum atomic E-state index is 0.696. The molecule has 0 aliphatic heterocycles. The average molecular weight is 185 g/mol. The molecule has 1 nitrogen and oxygen atoms in total. The summed E-state index contributed by atoms with van der Waals surface area (Å²) in [6.45, 7) is 12.6. The van der Waals surface area contributed by atoms with Gasteiger partial charge in [-0.1, -0.05) is 40.5 Å². The first-order chi connectivity index (χ1) is 6.07. The van der Waals surface area contributed by atoms with Crippen molar-refractivity contribution in [1.82, 2.24) is 5.32 Å². The molecule has 0 bridgehead atoms. The van der Waals surface area contributed by atoms with Crippen molar-refractivity contribution >= 4 is 0 Å². The van der Waals surface area contributed by atoms with E-state index in [2.05, 4.69) is 39.9 Å². The van der Waals surface area contributed by atoms with Crippen molar-refractivity contribution in [3.05, 3.63) is 0 Å². The smallest absolute Gasteiger partial charge is 0.00388 e. The van der Waals surface area contributed by atoms with Crippen molar-refractivity contribution in [2.75, 3.05) is 6.54 Å². The van der Waals surface area contributed by atoms with Crippen LogP contribution in [-0.2, 0) is 0 Å². The van der Waals surface area contributed by atoms with E-state index in [1.165, 1.54) is 25.8 Å². The fraction of sp³-hybridized carbons (Fsp3) is 1.00. The van der Waals surface area contributed by atoms with E-state index in [1.54, 1.807) is 0 Å². The van der Waals surface area contributed by atoms with Gasteiger partial charge in [-0.3, -0.25) is 0 Å². The summed E-state index contributed by atoms with van der Waals surface area (Å²) in [6, 6.07) is 0.696. The summed E-state index contributed by atoms with van der Waals surface area (Å²) < 4.78 is 0. The van der Waals surface area contributed by atoms with Crippen molar-refractivity contribution in [3.8, 4) is 0 Å². The number of hydrogen-bond acceptors (Lipinski definition) is 1. The molecule has 0 amide bonds. The summed E-state index contributed by atoms with van der Waals surface area (Å²) in [5, 5.41) is 3.60. The molecule has 0 aromatic rings. The van der Waals surface area contributed by atoms with E-state index in [-0.39, 0.29) is 0 Å². The van der Waals surface area contributed by atoms with Crippen LogP contribution < -0.4 is 5.32 Å². The maximum atomic E-state index is 3.60. The van der Waals surface area contributed by atoms with Crippen LogP contribution in [-0.4, -0.2) is 12.6 Å². The highest BCUT2D eigenvalue weighted by Gasteiger charge is 2.08. The number of hydrogen-bond donors (Lipinski definition) is 1. The van der Waals surface area contributed by atoms with E-state index < -0.39 is 0 Å². The van der Waals surface area contributed by atoms with Crippen LogP contribution in [0.4, 0.5) is 0 Å². The lowest BCUT2D eigenvalue weighted by molar-refractivity contribution is 0.364. The molecule has 0 saturated carbocycles. The molecule has 0 aliphatic carbocycles. The maximum absolute atomic E-state index is 3.60. The molecule has 0 aromatic heterocycles. The topological polar surface area (TPSA) is 12.0 Å². The zero-order valence-electron chi connectivity index (χ0n) is 10.1. The molecule has 2 atom stereocenters. The van der Waals surface area contributed by atoms with Crippen LogP contribution >= 0.6 is 0 Å². The van der Waals surface area contributed by atoms with Gasteiger partial charge in [0.15, 0.2) is 0 Å². The van der Waals surface area contributed by atoms with E-state index >= 15 is 0 Å². The summed E-state index contributed by atoms with van der Waals surface area (Å²) in [5.41, 5.74) is 0. The Kier molecular flexibility index (Phi) is 7.35. The summed E-state index contributed by atoms with van der Waals surface area (Å²) in [5.74, 6) is 1.59. The quantitative estimate of drug-likeness (QED) is 0.640. The molecule has 13 heavy (non-hydrogen) atoms. The summed E-state index contributed by atoms with van der Waals surface area (Å²) in [4.78, 5) is 0. The van der Waals surface area contributed by atoms with Gasteiger partial charge in [-0.25, -0.2) is 0 Å². The zero-order chi connectivity index (χ0) is 10.3. The lowest BCUT2D eigenvalue weighted by atomic mass is 9.98. The highest BCUT2D eigenvalue weighted by atomic mass is 14.9. The van der Waals surface area contributed by atoms with Gasteiger partial charge in [-0.15, -0.1) is 0 Å². The Morgan fingerprint density at radius 2 is 1.69 bits per heavy atom. The second kappa shape index (κ2) is 7.37. The predicted octanol–water partition coefficient (Wildman–Crippen LogP) is 3.45. The first-order valence-corrected chi connectivity index (χ1v) is 5.81. The fourth-order valence-corrected chi connectivity index (χ4v) is 1.24. The second-order valence-electron chi connectivity index (χ2n) is 4.67. The Morgan fingerprint density at radius 1 is 1.08 bits per heavy atom. The third-order valence-corrected chi connectivity index (χ3v) is 2.92. The summed E-state index contributed by atoms with van der Waals surface area (Å²) in [7, 11) is 0. The van der Waals surface area contributed by atoms with Crippen molar-refractivity contribution in [2.45, 2.75) is 59.9 Å². The SMILES string of the molecule is CCCC[C@H](C)NCC(C)C(C)C. The number of unbranched alkanes of at least 4 members (excludes halogenated alkanes) is 1. The Hall–Kier alpha value is -0.0400. The molecule has 80 valence electrons.